The maximum Gasteiger partial charge on any atom is 0.136 e. The summed E-state index contributed by atoms with van der Waals surface area (Å²) >= 11 is 0. The van der Waals surface area contributed by atoms with Crippen LogP contribution in [0.1, 0.15) is 85.0 Å². The zero-order valence-electron chi connectivity index (χ0n) is 15.9. The van der Waals surface area contributed by atoms with Crippen molar-refractivity contribution in [2.24, 2.45) is 40.4 Å². The molecule has 136 valence electrons. The predicted molar refractivity (Wildman–Crippen MR) is 96.5 cm³/mol. The van der Waals surface area contributed by atoms with Crippen LogP contribution in [-0.4, -0.2) is 17.0 Å². The number of ketones is 1. The molecule has 0 aliphatic heterocycles. The van der Waals surface area contributed by atoms with E-state index in [0.29, 0.717) is 17.1 Å². The van der Waals surface area contributed by atoms with Gasteiger partial charge in [0.25, 0.3) is 0 Å². The molecule has 4 saturated carbocycles. The lowest BCUT2D eigenvalue weighted by atomic mass is 9.44. The van der Waals surface area contributed by atoms with Crippen molar-refractivity contribution in [1.29, 1.82) is 0 Å². The lowest BCUT2D eigenvalue weighted by molar-refractivity contribution is -0.139. The van der Waals surface area contributed by atoms with Crippen LogP contribution in [0.4, 0.5) is 0 Å². The third-order valence-electron chi connectivity index (χ3n) is 9.38. The van der Waals surface area contributed by atoms with Crippen molar-refractivity contribution >= 4 is 5.78 Å². The van der Waals surface area contributed by atoms with Gasteiger partial charge in [-0.15, -0.1) is 0 Å². The number of rotatable bonds is 2. The first-order valence-electron chi connectivity index (χ1n) is 10.6. The fourth-order valence-electron chi connectivity index (χ4n) is 8.01. The average Bonchev–Trinajstić information content (AvgIpc) is 2.92. The first kappa shape index (κ1) is 17.1. The fraction of sp³-hybridized carbons (Fsp3) is 0.955. The van der Waals surface area contributed by atoms with Crippen LogP contribution in [0.2, 0.25) is 0 Å². The Morgan fingerprint density at radius 1 is 0.958 bits per heavy atom. The minimum atomic E-state index is -0.0495. The molecular weight excluding hydrogens is 296 g/mol. The molecule has 4 aliphatic rings. The van der Waals surface area contributed by atoms with E-state index in [0.717, 1.165) is 49.4 Å². The first-order valence-corrected chi connectivity index (χ1v) is 10.6. The van der Waals surface area contributed by atoms with Gasteiger partial charge in [0.15, 0.2) is 0 Å². The van der Waals surface area contributed by atoms with E-state index < -0.39 is 0 Å². The van der Waals surface area contributed by atoms with E-state index in [2.05, 4.69) is 13.8 Å². The zero-order chi connectivity index (χ0) is 17.1. The van der Waals surface area contributed by atoms with E-state index >= 15 is 0 Å². The van der Waals surface area contributed by atoms with E-state index in [-0.39, 0.29) is 11.5 Å². The molecule has 2 nitrogen and oxygen atoms in total. The summed E-state index contributed by atoms with van der Waals surface area (Å²) < 4.78 is 0. The summed E-state index contributed by atoms with van der Waals surface area (Å²) in [4.78, 5) is 12.5. The zero-order valence-corrected chi connectivity index (χ0v) is 15.9. The summed E-state index contributed by atoms with van der Waals surface area (Å²) in [5.74, 6) is 4.07. The number of carbonyl (C=O) groups excluding carboxylic acids is 1. The summed E-state index contributed by atoms with van der Waals surface area (Å²) in [6.45, 7) is 7.05. The molecular formula is C22H36O2. The Morgan fingerprint density at radius 2 is 1.67 bits per heavy atom. The highest BCUT2D eigenvalue weighted by molar-refractivity contribution is 5.81. The van der Waals surface area contributed by atoms with Crippen LogP contribution in [0, 0.1) is 40.4 Å². The third kappa shape index (κ3) is 2.27. The fourth-order valence-corrected chi connectivity index (χ4v) is 8.01. The lowest BCUT2D eigenvalue weighted by Gasteiger charge is -2.60. The number of hydrogen-bond donors (Lipinski definition) is 1. The summed E-state index contributed by atoms with van der Waals surface area (Å²) in [6.07, 6.45) is 11.6. The molecule has 2 unspecified atom stereocenters. The number of aliphatic hydroxyl groups is 1. The molecule has 4 aliphatic carbocycles. The van der Waals surface area contributed by atoms with Crippen molar-refractivity contribution in [3.63, 3.8) is 0 Å². The number of aliphatic hydroxyl groups excluding tert-OH is 1. The smallest absolute Gasteiger partial charge is 0.136 e. The summed E-state index contributed by atoms with van der Waals surface area (Å²) in [7, 11) is 0. The minimum absolute atomic E-state index is 0.0495. The Kier molecular flexibility index (Phi) is 4.14. The van der Waals surface area contributed by atoms with Gasteiger partial charge in [0.1, 0.15) is 5.78 Å². The maximum atomic E-state index is 12.5. The third-order valence-corrected chi connectivity index (χ3v) is 9.38. The van der Waals surface area contributed by atoms with Gasteiger partial charge in [-0.05, 0) is 92.3 Å². The van der Waals surface area contributed by atoms with Crippen molar-refractivity contribution in [2.45, 2.75) is 91.1 Å². The Labute approximate surface area is 147 Å². The van der Waals surface area contributed by atoms with Gasteiger partial charge >= 0.3 is 0 Å². The van der Waals surface area contributed by atoms with Gasteiger partial charge in [-0.2, -0.15) is 0 Å². The molecule has 2 heteroatoms. The van der Waals surface area contributed by atoms with Crippen LogP contribution >= 0.6 is 0 Å². The SMILES string of the molecule is CCC(=O)[C@H]1CC[C@H]2[C@@H]3CCC4CC(O)CC[C@]4(C)[C@H]3CC[C@]12C. The molecule has 4 rings (SSSR count). The van der Waals surface area contributed by atoms with E-state index in [1.807, 2.05) is 6.92 Å². The molecule has 0 spiro atoms. The first-order chi connectivity index (χ1) is 11.4. The molecule has 24 heavy (non-hydrogen) atoms. The second-order valence-electron chi connectivity index (χ2n) is 10.1. The number of Topliss-reactive ketones (excluding diaryl/α,β-unsaturated/α-hetero) is 1. The van der Waals surface area contributed by atoms with Crippen molar-refractivity contribution in [3.05, 3.63) is 0 Å². The van der Waals surface area contributed by atoms with Crippen molar-refractivity contribution in [1.82, 2.24) is 0 Å². The minimum Gasteiger partial charge on any atom is -0.393 e. The Balaban J connectivity index is 1.60. The van der Waals surface area contributed by atoms with E-state index in [1.54, 1.807) is 0 Å². The highest BCUT2D eigenvalue weighted by Crippen LogP contribution is 2.67. The number of fused-ring (bicyclic) bond motifs is 5. The van der Waals surface area contributed by atoms with Crippen molar-refractivity contribution in [2.75, 3.05) is 0 Å². The van der Waals surface area contributed by atoms with Crippen LogP contribution in [0.3, 0.4) is 0 Å². The molecule has 0 bridgehead atoms. The van der Waals surface area contributed by atoms with Crippen LogP contribution < -0.4 is 0 Å². The van der Waals surface area contributed by atoms with E-state index in [4.69, 9.17) is 0 Å². The van der Waals surface area contributed by atoms with Crippen LogP contribution in [0.15, 0.2) is 0 Å². The van der Waals surface area contributed by atoms with Gasteiger partial charge in [0, 0.05) is 12.3 Å². The standard InChI is InChI=1S/C22H36O2/c1-4-20(24)19-8-7-17-16-6-5-14-13-15(23)9-11-21(14,2)18(16)10-12-22(17,19)3/h14-19,23H,4-13H2,1-3H3/t14?,15?,16-,17-,18-,19+,21-,22-/m0/s1. The molecule has 0 aromatic carbocycles. The normalized spacial score (nSPS) is 53.8. The molecule has 0 aromatic heterocycles. The van der Waals surface area contributed by atoms with Gasteiger partial charge in [0.2, 0.25) is 0 Å². The molecule has 0 amide bonds. The van der Waals surface area contributed by atoms with Crippen molar-refractivity contribution in [3.8, 4) is 0 Å². The Bertz CT molecular complexity index is 514. The second-order valence-corrected chi connectivity index (χ2v) is 10.1. The van der Waals surface area contributed by atoms with Gasteiger partial charge < -0.3 is 5.11 Å². The molecule has 0 saturated heterocycles. The van der Waals surface area contributed by atoms with Crippen molar-refractivity contribution < 1.29 is 9.90 Å². The maximum absolute atomic E-state index is 12.5. The van der Waals surface area contributed by atoms with Gasteiger partial charge in [-0.1, -0.05) is 20.8 Å². The topological polar surface area (TPSA) is 37.3 Å². The lowest BCUT2D eigenvalue weighted by Crippen LogP contribution is -2.54. The Hall–Kier alpha value is -0.370. The largest absolute Gasteiger partial charge is 0.393 e. The molecule has 0 radical (unpaired) electrons. The summed E-state index contributed by atoms with van der Waals surface area (Å²) in [6, 6.07) is 0. The highest BCUT2D eigenvalue weighted by atomic mass is 16.3. The summed E-state index contributed by atoms with van der Waals surface area (Å²) in [5.41, 5.74) is 0.738. The number of carbonyl (C=O) groups is 1. The monoisotopic (exact) mass is 332 g/mol. The van der Waals surface area contributed by atoms with Crippen LogP contribution in [-0.2, 0) is 4.79 Å². The molecule has 0 heterocycles. The molecule has 4 fully saturated rings. The quantitative estimate of drug-likeness (QED) is 0.774. The van der Waals surface area contributed by atoms with Crippen LogP contribution in [0.5, 0.6) is 0 Å². The van der Waals surface area contributed by atoms with Gasteiger partial charge in [-0.25, -0.2) is 0 Å². The second kappa shape index (κ2) is 5.83. The van der Waals surface area contributed by atoms with E-state index in [1.165, 1.54) is 38.5 Å². The van der Waals surface area contributed by atoms with Gasteiger partial charge in [-0.3, -0.25) is 4.79 Å². The number of hydrogen-bond acceptors (Lipinski definition) is 2. The molecule has 0 aromatic rings. The molecule has 8 atom stereocenters. The predicted octanol–water partition coefficient (Wildman–Crippen LogP) is 4.99. The van der Waals surface area contributed by atoms with Crippen LogP contribution in [0.25, 0.3) is 0 Å². The molecule has 1 N–H and O–H groups in total. The summed E-state index contributed by atoms with van der Waals surface area (Å²) in [5, 5.41) is 10.1. The Morgan fingerprint density at radius 3 is 2.42 bits per heavy atom. The van der Waals surface area contributed by atoms with E-state index in [9.17, 15) is 9.90 Å². The van der Waals surface area contributed by atoms with Gasteiger partial charge in [0.05, 0.1) is 6.10 Å². The highest BCUT2D eigenvalue weighted by Gasteiger charge is 2.60. The average molecular weight is 333 g/mol.